The number of carboxylic acid groups (broad SMARTS) is 1. The third-order valence-corrected chi connectivity index (χ3v) is 5.97. The summed E-state index contributed by atoms with van der Waals surface area (Å²) in [4.78, 5) is 14.8. The summed E-state index contributed by atoms with van der Waals surface area (Å²) in [7, 11) is 1.68. The summed E-state index contributed by atoms with van der Waals surface area (Å²) < 4.78 is 0. The number of piperidine rings is 1. The Hall–Kier alpha value is -0.810. The first-order valence-corrected chi connectivity index (χ1v) is 9.89. The van der Waals surface area contributed by atoms with Gasteiger partial charge in [0, 0.05) is 26.7 Å². The Labute approximate surface area is 147 Å². The Bertz CT molecular complexity index is 362. The maximum atomic E-state index is 10.9. The van der Waals surface area contributed by atoms with Crippen molar-refractivity contribution in [3.05, 3.63) is 0 Å². The number of nitrogens with zero attached hydrogens (tertiary/aromatic N) is 2. The second kappa shape index (κ2) is 10.2. The van der Waals surface area contributed by atoms with E-state index in [2.05, 4.69) is 4.90 Å². The topological polar surface area (TPSA) is 64.0 Å². The highest BCUT2D eigenvalue weighted by Crippen LogP contribution is 2.32. The molecular weight excluding hydrogens is 304 g/mol. The highest BCUT2D eigenvalue weighted by molar-refractivity contribution is 5.64. The molecule has 1 saturated carbocycles. The van der Waals surface area contributed by atoms with E-state index in [9.17, 15) is 9.90 Å². The van der Waals surface area contributed by atoms with Gasteiger partial charge in [-0.3, -0.25) is 0 Å². The molecule has 0 aromatic carbocycles. The van der Waals surface area contributed by atoms with Crippen molar-refractivity contribution in [3.8, 4) is 0 Å². The summed E-state index contributed by atoms with van der Waals surface area (Å²) in [6.45, 7) is 4.03. The predicted octanol–water partition coefficient (Wildman–Crippen LogP) is 3.42. The van der Waals surface area contributed by atoms with Crippen LogP contribution in [0.2, 0.25) is 0 Å². The molecule has 1 aliphatic carbocycles. The van der Waals surface area contributed by atoms with Crippen LogP contribution < -0.4 is 0 Å². The van der Waals surface area contributed by atoms with Crippen molar-refractivity contribution in [3.63, 3.8) is 0 Å². The fourth-order valence-electron chi connectivity index (χ4n) is 4.26. The van der Waals surface area contributed by atoms with Gasteiger partial charge in [-0.05, 0) is 50.5 Å². The van der Waals surface area contributed by atoms with E-state index in [1.165, 1.54) is 62.8 Å². The number of carbonyl (C=O) groups is 1. The SMILES string of the molecule is CN(CC1CCC(CCCCCN2CCC(O)CC2)CC1)C(=O)O. The van der Waals surface area contributed by atoms with E-state index in [0.717, 1.165) is 31.8 Å². The van der Waals surface area contributed by atoms with Gasteiger partial charge in [0.05, 0.1) is 6.10 Å². The van der Waals surface area contributed by atoms with Crippen molar-refractivity contribution >= 4 is 6.09 Å². The van der Waals surface area contributed by atoms with Gasteiger partial charge >= 0.3 is 6.09 Å². The first kappa shape index (κ1) is 19.5. The Morgan fingerprint density at radius 3 is 2.25 bits per heavy atom. The first-order valence-electron chi connectivity index (χ1n) is 9.89. The zero-order valence-electron chi connectivity index (χ0n) is 15.3. The van der Waals surface area contributed by atoms with Crippen LogP contribution in [0.1, 0.15) is 64.2 Å². The lowest BCUT2D eigenvalue weighted by Crippen LogP contribution is -2.36. The zero-order valence-corrected chi connectivity index (χ0v) is 15.3. The maximum Gasteiger partial charge on any atom is 0.407 e. The van der Waals surface area contributed by atoms with E-state index in [-0.39, 0.29) is 6.10 Å². The first-order chi connectivity index (χ1) is 11.5. The molecule has 2 rings (SSSR count). The van der Waals surface area contributed by atoms with Gasteiger partial charge in [0.1, 0.15) is 0 Å². The van der Waals surface area contributed by atoms with Crippen LogP contribution in [0.3, 0.4) is 0 Å². The summed E-state index contributed by atoms with van der Waals surface area (Å²) in [6, 6.07) is 0. The van der Waals surface area contributed by atoms with Crippen molar-refractivity contribution in [1.29, 1.82) is 0 Å². The molecule has 1 amide bonds. The van der Waals surface area contributed by atoms with Crippen molar-refractivity contribution in [2.75, 3.05) is 33.2 Å². The lowest BCUT2D eigenvalue weighted by molar-refractivity contribution is 0.0816. The van der Waals surface area contributed by atoms with E-state index < -0.39 is 6.09 Å². The Morgan fingerprint density at radius 1 is 1.00 bits per heavy atom. The van der Waals surface area contributed by atoms with Crippen molar-refractivity contribution in [2.45, 2.75) is 70.3 Å². The number of aliphatic hydroxyl groups is 1. The molecule has 140 valence electrons. The fourth-order valence-corrected chi connectivity index (χ4v) is 4.26. The molecule has 0 atom stereocenters. The molecule has 5 heteroatoms. The third-order valence-electron chi connectivity index (χ3n) is 5.97. The smallest absolute Gasteiger partial charge is 0.407 e. The van der Waals surface area contributed by atoms with Gasteiger partial charge in [-0.15, -0.1) is 0 Å². The van der Waals surface area contributed by atoms with Crippen LogP contribution >= 0.6 is 0 Å². The van der Waals surface area contributed by atoms with E-state index in [1.807, 2.05) is 0 Å². The van der Waals surface area contributed by atoms with Crippen molar-refractivity contribution < 1.29 is 15.0 Å². The monoisotopic (exact) mass is 340 g/mol. The Morgan fingerprint density at radius 2 is 1.62 bits per heavy atom. The van der Waals surface area contributed by atoms with Gasteiger partial charge in [-0.25, -0.2) is 4.79 Å². The Kier molecular flexibility index (Phi) is 8.33. The van der Waals surface area contributed by atoms with Crippen LogP contribution in [0.15, 0.2) is 0 Å². The van der Waals surface area contributed by atoms with Crippen LogP contribution in [-0.2, 0) is 0 Å². The lowest BCUT2D eigenvalue weighted by atomic mass is 9.79. The number of rotatable bonds is 8. The lowest BCUT2D eigenvalue weighted by Gasteiger charge is -2.31. The minimum atomic E-state index is -0.805. The second-order valence-electron chi connectivity index (χ2n) is 7.97. The number of likely N-dealkylation sites (tertiary alicyclic amines) is 1. The van der Waals surface area contributed by atoms with Gasteiger partial charge in [-0.1, -0.05) is 32.1 Å². The van der Waals surface area contributed by atoms with E-state index in [1.54, 1.807) is 7.05 Å². The predicted molar refractivity (Wildman–Crippen MR) is 96.3 cm³/mol. The third kappa shape index (κ3) is 6.98. The summed E-state index contributed by atoms with van der Waals surface area (Å²) in [5, 5.41) is 18.5. The maximum absolute atomic E-state index is 10.9. The van der Waals surface area contributed by atoms with Crippen molar-refractivity contribution in [2.24, 2.45) is 11.8 Å². The number of amides is 1. The molecule has 5 nitrogen and oxygen atoms in total. The van der Waals surface area contributed by atoms with Crippen LogP contribution in [0.25, 0.3) is 0 Å². The average molecular weight is 341 g/mol. The molecule has 2 fully saturated rings. The Balaban J connectivity index is 1.47. The molecule has 0 unspecified atom stereocenters. The number of unbranched alkanes of at least 4 members (excludes halogenated alkanes) is 2. The molecule has 0 radical (unpaired) electrons. The van der Waals surface area contributed by atoms with Crippen LogP contribution in [0.4, 0.5) is 4.79 Å². The summed E-state index contributed by atoms with van der Waals surface area (Å²) >= 11 is 0. The molecule has 1 heterocycles. The minimum Gasteiger partial charge on any atom is -0.465 e. The molecular formula is C19H36N2O3. The standard InChI is InChI=1S/C19H36N2O3/c1-20(19(23)24)15-17-8-6-16(7-9-17)5-3-2-4-12-21-13-10-18(22)11-14-21/h16-18,22H,2-15H2,1H3,(H,23,24). The summed E-state index contributed by atoms with van der Waals surface area (Å²) in [5.74, 6) is 1.43. The average Bonchev–Trinajstić information content (AvgIpc) is 2.57. The number of hydrogen-bond acceptors (Lipinski definition) is 3. The van der Waals surface area contributed by atoms with Crippen LogP contribution in [0.5, 0.6) is 0 Å². The molecule has 0 aromatic heterocycles. The van der Waals surface area contributed by atoms with Gasteiger partial charge in [0.2, 0.25) is 0 Å². The van der Waals surface area contributed by atoms with E-state index >= 15 is 0 Å². The van der Waals surface area contributed by atoms with Crippen LogP contribution in [-0.4, -0.2) is 65.4 Å². The largest absolute Gasteiger partial charge is 0.465 e. The fraction of sp³-hybridized carbons (Fsp3) is 0.947. The molecule has 2 N–H and O–H groups in total. The molecule has 2 aliphatic rings. The van der Waals surface area contributed by atoms with Crippen molar-refractivity contribution in [1.82, 2.24) is 9.80 Å². The number of aliphatic hydroxyl groups excluding tert-OH is 1. The second-order valence-corrected chi connectivity index (χ2v) is 7.97. The molecule has 0 aromatic rings. The zero-order chi connectivity index (χ0) is 17.4. The molecule has 0 bridgehead atoms. The van der Waals surface area contributed by atoms with Gasteiger partial charge in [0.15, 0.2) is 0 Å². The van der Waals surface area contributed by atoms with E-state index in [4.69, 9.17) is 5.11 Å². The van der Waals surface area contributed by atoms with Gasteiger partial charge in [-0.2, -0.15) is 0 Å². The molecule has 1 saturated heterocycles. The van der Waals surface area contributed by atoms with Crippen LogP contribution in [0, 0.1) is 11.8 Å². The molecule has 24 heavy (non-hydrogen) atoms. The molecule has 1 aliphatic heterocycles. The quantitative estimate of drug-likeness (QED) is 0.665. The minimum absolute atomic E-state index is 0.0633. The summed E-state index contributed by atoms with van der Waals surface area (Å²) in [6.07, 6.45) is 11.3. The van der Waals surface area contributed by atoms with Gasteiger partial charge < -0.3 is 20.0 Å². The highest BCUT2D eigenvalue weighted by Gasteiger charge is 2.23. The molecule has 0 spiro atoms. The highest BCUT2D eigenvalue weighted by atomic mass is 16.4. The summed E-state index contributed by atoms with van der Waals surface area (Å²) in [5.41, 5.74) is 0. The normalized spacial score (nSPS) is 26.4. The van der Waals surface area contributed by atoms with E-state index in [0.29, 0.717) is 12.5 Å². The van der Waals surface area contributed by atoms with Gasteiger partial charge in [0.25, 0.3) is 0 Å². The number of hydrogen-bond donors (Lipinski definition) is 2.